The van der Waals surface area contributed by atoms with Gasteiger partial charge in [0.05, 0.1) is 11.5 Å². The quantitative estimate of drug-likeness (QED) is 0.399. The minimum absolute atomic E-state index is 0.105. The number of ether oxygens (including phenoxy) is 1. The highest BCUT2D eigenvalue weighted by molar-refractivity contribution is 5.37. The van der Waals surface area contributed by atoms with Crippen LogP contribution in [0.15, 0.2) is 18.2 Å². The lowest BCUT2D eigenvalue weighted by Gasteiger charge is -1.97. The molecule has 0 saturated carbocycles. The average molecular weight is 183 g/mol. The zero-order chi connectivity index (χ0) is 9.42. The normalized spacial score (nSPS) is 19.9. The number of nitro groups is 1. The molecule has 1 unspecified atom stereocenters. The molecule has 1 aromatic rings. The Morgan fingerprint density at radius 1 is 1.62 bits per heavy atom. The molecular formula is C8H6FNO3. The Kier molecular flexibility index (Phi) is 1.73. The molecule has 1 atom stereocenters. The van der Waals surface area contributed by atoms with Gasteiger partial charge in [0.1, 0.15) is 11.9 Å². The van der Waals surface area contributed by atoms with Gasteiger partial charge in [-0.25, -0.2) is 4.39 Å². The van der Waals surface area contributed by atoms with Crippen molar-refractivity contribution in [3.63, 3.8) is 0 Å². The molecule has 68 valence electrons. The fraction of sp³-hybridized carbons (Fsp3) is 0.250. The Morgan fingerprint density at radius 2 is 2.31 bits per heavy atom. The third-order valence-corrected chi connectivity index (χ3v) is 1.87. The smallest absolute Gasteiger partial charge is 0.270 e. The molecule has 1 heterocycles. The van der Waals surface area contributed by atoms with Crippen molar-refractivity contribution in [1.82, 2.24) is 0 Å². The molecule has 13 heavy (non-hydrogen) atoms. The topological polar surface area (TPSA) is 55.7 Å². The number of benzene rings is 1. The van der Waals surface area contributed by atoms with Crippen LogP contribution in [0.1, 0.15) is 11.7 Å². The van der Waals surface area contributed by atoms with Crippen LogP contribution >= 0.6 is 0 Å². The number of hydrogen-bond acceptors (Lipinski definition) is 3. The van der Waals surface area contributed by atoms with Crippen molar-refractivity contribution >= 4 is 5.69 Å². The molecule has 5 heteroatoms. The van der Waals surface area contributed by atoms with Crippen molar-refractivity contribution in [2.75, 3.05) is 6.61 Å². The van der Waals surface area contributed by atoms with Gasteiger partial charge in [-0.2, -0.15) is 0 Å². The first-order valence-corrected chi connectivity index (χ1v) is 3.74. The second kappa shape index (κ2) is 2.77. The zero-order valence-electron chi connectivity index (χ0n) is 6.57. The van der Waals surface area contributed by atoms with E-state index in [1.54, 1.807) is 0 Å². The summed E-state index contributed by atoms with van der Waals surface area (Å²) in [6, 6.07) is 3.45. The lowest BCUT2D eigenvalue weighted by atomic mass is 10.1. The molecule has 0 aromatic heterocycles. The molecule has 1 aliphatic rings. The maximum absolute atomic E-state index is 13.0. The SMILES string of the molecule is O=[N+]([O-])c1ccc(F)c(C2CO2)c1. The monoisotopic (exact) mass is 183 g/mol. The Bertz CT molecular complexity index is 362. The van der Waals surface area contributed by atoms with Crippen molar-refractivity contribution < 1.29 is 14.1 Å². The zero-order valence-corrected chi connectivity index (χ0v) is 6.57. The summed E-state index contributed by atoms with van der Waals surface area (Å²) in [5, 5.41) is 10.3. The third kappa shape index (κ3) is 1.50. The number of nitrogens with zero attached hydrogens (tertiary/aromatic N) is 1. The number of epoxide rings is 1. The number of hydrogen-bond donors (Lipinski definition) is 0. The van der Waals surface area contributed by atoms with Crippen LogP contribution in [0.2, 0.25) is 0 Å². The first-order valence-electron chi connectivity index (χ1n) is 3.74. The number of nitro benzene ring substituents is 1. The highest BCUT2D eigenvalue weighted by Gasteiger charge is 2.29. The highest BCUT2D eigenvalue weighted by atomic mass is 19.1. The van der Waals surface area contributed by atoms with Crippen molar-refractivity contribution in [1.29, 1.82) is 0 Å². The van der Waals surface area contributed by atoms with Gasteiger partial charge in [0.25, 0.3) is 5.69 Å². The van der Waals surface area contributed by atoms with Gasteiger partial charge in [0, 0.05) is 17.7 Å². The van der Waals surface area contributed by atoms with Crippen LogP contribution < -0.4 is 0 Å². The molecule has 2 rings (SSSR count). The molecule has 0 amide bonds. The summed E-state index contributed by atoms with van der Waals surface area (Å²) in [7, 11) is 0. The van der Waals surface area contributed by atoms with Crippen LogP contribution in [0.25, 0.3) is 0 Å². The van der Waals surface area contributed by atoms with Gasteiger partial charge in [0.15, 0.2) is 0 Å². The molecule has 0 spiro atoms. The number of halogens is 1. The van der Waals surface area contributed by atoms with E-state index in [0.717, 1.165) is 12.1 Å². The highest BCUT2D eigenvalue weighted by Crippen LogP contribution is 2.33. The van der Waals surface area contributed by atoms with Gasteiger partial charge in [-0.05, 0) is 6.07 Å². The summed E-state index contributed by atoms with van der Waals surface area (Å²) in [4.78, 5) is 9.80. The lowest BCUT2D eigenvalue weighted by molar-refractivity contribution is -0.385. The second-order valence-corrected chi connectivity index (χ2v) is 2.78. The molecule has 0 radical (unpaired) electrons. The van der Waals surface area contributed by atoms with Crippen molar-refractivity contribution in [3.05, 3.63) is 39.7 Å². The maximum atomic E-state index is 13.0. The van der Waals surface area contributed by atoms with Crippen LogP contribution in [0.5, 0.6) is 0 Å². The fourth-order valence-electron chi connectivity index (χ4n) is 1.12. The molecule has 1 fully saturated rings. The first-order chi connectivity index (χ1) is 6.18. The summed E-state index contributed by atoms with van der Waals surface area (Å²) in [6.07, 6.45) is -0.292. The Labute approximate surface area is 73.1 Å². The van der Waals surface area contributed by atoms with Crippen LogP contribution in [0.4, 0.5) is 10.1 Å². The van der Waals surface area contributed by atoms with Gasteiger partial charge in [-0.15, -0.1) is 0 Å². The summed E-state index contributed by atoms with van der Waals surface area (Å²) in [5.41, 5.74) is 0.168. The number of rotatable bonds is 2. The largest absolute Gasteiger partial charge is 0.368 e. The third-order valence-electron chi connectivity index (χ3n) is 1.87. The predicted octanol–water partition coefficient (Wildman–Crippen LogP) is 1.81. The van der Waals surface area contributed by atoms with E-state index in [-0.39, 0.29) is 17.4 Å². The van der Waals surface area contributed by atoms with E-state index < -0.39 is 10.7 Å². The molecule has 1 aliphatic heterocycles. The Morgan fingerprint density at radius 3 is 2.85 bits per heavy atom. The molecule has 1 aromatic carbocycles. The van der Waals surface area contributed by atoms with Gasteiger partial charge in [-0.3, -0.25) is 10.1 Å². The van der Waals surface area contributed by atoms with E-state index in [1.165, 1.54) is 6.07 Å². The van der Waals surface area contributed by atoms with E-state index in [1.807, 2.05) is 0 Å². The van der Waals surface area contributed by atoms with Gasteiger partial charge < -0.3 is 4.74 Å². The standard InChI is InChI=1S/C8H6FNO3/c9-7-2-1-5(10(11)12)3-6(7)8-4-13-8/h1-3,8H,4H2. The van der Waals surface area contributed by atoms with Crippen LogP contribution in [0.3, 0.4) is 0 Å². The maximum Gasteiger partial charge on any atom is 0.270 e. The minimum Gasteiger partial charge on any atom is -0.368 e. The van der Waals surface area contributed by atoms with Crippen LogP contribution in [-0.2, 0) is 4.74 Å². The fourth-order valence-corrected chi connectivity index (χ4v) is 1.12. The molecule has 4 nitrogen and oxygen atoms in total. The Balaban J connectivity index is 2.41. The first kappa shape index (κ1) is 8.12. The van der Waals surface area contributed by atoms with E-state index in [2.05, 4.69) is 0 Å². The van der Waals surface area contributed by atoms with Gasteiger partial charge >= 0.3 is 0 Å². The van der Waals surface area contributed by atoms with Crippen molar-refractivity contribution in [2.45, 2.75) is 6.10 Å². The van der Waals surface area contributed by atoms with E-state index in [0.29, 0.717) is 6.61 Å². The van der Waals surface area contributed by atoms with Gasteiger partial charge in [0.2, 0.25) is 0 Å². The Hall–Kier alpha value is -1.49. The lowest BCUT2D eigenvalue weighted by Crippen LogP contribution is -1.93. The summed E-state index contributed by atoms with van der Waals surface area (Å²) in [5.74, 6) is -0.451. The number of non-ortho nitro benzene ring substituents is 1. The van der Waals surface area contributed by atoms with Crippen LogP contribution in [0, 0.1) is 15.9 Å². The molecule has 1 saturated heterocycles. The summed E-state index contributed by atoms with van der Waals surface area (Å²) < 4.78 is 17.9. The summed E-state index contributed by atoms with van der Waals surface area (Å²) in [6.45, 7) is 0.443. The molecular weight excluding hydrogens is 177 g/mol. The van der Waals surface area contributed by atoms with E-state index >= 15 is 0 Å². The van der Waals surface area contributed by atoms with Gasteiger partial charge in [-0.1, -0.05) is 0 Å². The predicted molar refractivity (Wildman–Crippen MR) is 41.7 cm³/mol. The van der Waals surface area contributed by atoms with Crippen molar-refractivity contribution in [2.24, 2.45) is 0 Å². The summed E-state index contributed by atoms with van der Waals surface area (Å²) >= 11 is 0. The molecule has 0 aliphatic carbocycles. The average Bonchev–Trinajstić information content (AvgIpc) is 2.87. The van der Waals surface area contributed by atoms with E-state index in [4.69, 9.17) is 4.74 Å². The molecule has 0 bridgehead atoms. The van der Waals surface area contributed by atoms with Crippen LogP contribution in [-0.4, -0.2) is 11.5 Å². The second-order valence-electron chi connectivity index (χ2n) is 2.78. The molecule has 0 N–H and O–H groups in total. The minimum atomic E-state index is -0.550. The van der Waals surface area contributed by atoms with Crippen molar-refractivity contribution in [3.8, 4) is 0 Å². The van der Waals surface area contributed by atoms with E-state index in [9.17, 15) is 14.5 Å².